The summed E-state index contributed by atoms with van der Waals surface area (Å²) in [5.41, 5.74) is 0.907. The predicted octanol–water partition coefficient (Wildman–Crippen LogP) is 3.03. The molecular formula is C18H18N4O2. The average Bonchev–Trinajstić information content (AvgIpc) is 3.35. The maximum absolute atomic E-state index is 5.79. The molecule has 6 nitrogen and oxygen atoms in total. The number of para-hydroxylation sites is 1. The third-order valence-electron chi connectivity index (χ3n) is 3.91. The van der Waals surface area contributed by atoms with E-state index in [2.05, 4.69) is 15.5 Å². The molecule has 0 N–H and O–H groups in total. The minimum absolute atomic E-state index is 0.296. The van der Waals surface area contributed by atoms with E-state index in [0.717, 1.165) is 29.7 Å². The molecule has 3 aromatic rings. The molecule has 122 valence electrons. The van der Waals surface area contributed by atoms with Crippen LogP contribution in [0.5, 0.6) is 11.5 Å². The molecule has 24 heavy (non-hydrogen) atoms. The maximum Gasteiger partial charge on any atom is 0.194 e. The Kier molecular flexibility index (Phi) is 4.10. The van der Waals surface area contributed by atoms with E-state index in [9.17, 15) is 0 Å². The van der Waals surface area contributed by atoms with Gasteiger partial charge in [0.2, 0.25) is 0 Å². The molecule has 0 radical (unpaired) electrons. The zero-order chi connectivity index (χ0) is 16.2. The van der Waals surface area contributed by atoms with Crippen LogP contribution in [0.4, 0.5) is 0 Å². The molecule has 6 heteroatoms. The second kappa shape index (κ2) is 6.70. The molecule has 1 heterocycles. The van der Waals surface area contributed by atoms with E-state index in [-0.39, 0.29) is 0 Å². The maximum atomic E-state index is 5.79. The summed E-state index contributed by atoms with van der Waals surface area (Å²) in [6.07, 6.45) is 2.58. The normalized spacial score (nSPS) is 13.7. The van der Waals surface area contributed by atoms with E-state index in [0.29, 0.717) is 12.4 Å². The second-order valence-corrected chi connectivity index (χ2v) is 5.86. The lowest BCUT2D eigenvalue weighted by molar-refractivity contribution is 0.287. The molecule has 0 unspecified atom stereocenters. The lowest BCUT2D eigenvalue weighted by Gasteiger charge is -2.08. The highest BCUT2D eigenvalue weighted by atomic mass is 16.5. The standard InChI is InChI=1S/C18H18N4O2/c1-2-4-15(5-3-1)22-18(19-20-21-22)13-24-17-10-8-16(9-11-17)23-12-14-6-7-14/h1-5,8-11,14H,6-7,12-13H2. The Labute approximate surface area is 140 Å². The van der Waals surface area contributed by atoms with Crippen molar-refractivity contribution in [1.82, 2.24) is 20.2 Å². The summed E-state index contributed by atoms with van der Waals surface area (Å²) < 4.78 is 13.2. The molecule has 1 aliphatic rings. The molecule has 0 atom stereocenters. The van der Waals surface area contributed by atoms with Crippen LogP contribution in [0.15, 0.2) is 54.6 Å². The zero-order valence-corrected chi connectivity index (χ0v) is 13.2. The fourth-order valence-corrected chi connectivity index (χ4v) is 2.34. The van der Waals surface area contributed by atoms with E-state index in [1.165, 1.54) is 12.8 Å². The predicted molar refractivity (Wildman–Crippen MR) is 88.1 cm³/mol. The molecular weight excluding hydrogens is 304 g/mol. The number of benzene rings is 2. The van der Waals surface area contributed by atoms with Crippen molar-refractivity contribution in [3.8, 4) is 17.2 Å². The largest absolute Gasteiger partial charge is 0.493 e. The summed E-state index contributed by atoms with van der Waals surface area (Å²) in [6.45, 7) is 1.11. The van der Waals surface area contributed by atoms with Crippen LogP contribution in [0.1, 0.15) is 18.7 Å². The van der Waals surface area contributed by atoms with E-state index in [4.69, 9.17) is 9.47 Å². The van der Waals surface area contributed by atoms with Crippen molar-refractivity contribution >= 4 is 0 Å². The molecule has 4 rings (SSSR count). The third kappa shape index (κ3) is 3.53. The first-order valence-electron chi connectivity index (χ1n) is 8.07. The minimum atomic E-state index is 0.296. The Morgan fingerprint density at radius 3 is 2.33 bits per heavy atom. The lowest BCUT2D eigenvalue weighted by atomic mass is 10.3. The quantitative estimate of drug-likeness (QED) is 0.669. The summed E-state index contributed by atoms with van der Waals surface area (Å²) in [6, 6.07) is 17.4. The molecule has 2 aromatic carbocycles. The first-order chi connectivity index (χ1) is 11.9. The molecule has 0 saturated heterocycles. The van der Waals surface area contributed by atoms with Crippen LogP contribution in [0.25, 0.3) is 5.69 Å². The summed E-state index contributed by atoms with van der Waals surface area (Å²) >= 11 is 0. The number of hydrogen-bond donors (Lipinski definition) is 0. The minimum Gasteiger partial charge on any atom is -0.493 e. The fourth-order valence-electron chi connectivity index (χ4n) is 2.34. The van der Waals surface area contributed by atoms with Crippen molar-refractivity contribution in [3.05, 3.63) is 60.4 Å². The number of hydrogen-bond acceptors (Lipinski definition) is 5. The topological polar surface area (TPSA) is 62.1 Å². The highest BCUT2D eigenvalue weighted by Crippen LogP contribution is 2.29. The van der Waals surface area contributed by atoms with Crippen LogP contribution in [-0.4, -0.2) is 26.8 Å². The molecule has 1 saturated carbocycles. The third-order valence-corrected chi connectivity index (χ3v) is 3.91. The van der Waals surface area contributed by atoms with E-state index >= 15 is 0 Å². The Morgan fingerprint density at radius 1 is 0.917 bits per heavy atom. The molecule has 1 fully saturated rings. The van der Waals surface area contributed by atoms with E-state index in [1.54, 1.807) is 4.68 Å². The van der Waals surface area contributed by atoms with Gasteiger partial charge in [0, 0.05) is 0 Å². The first kappa shape index (κ1) is 14.7. The van der Waals surface area contributed by atoms with Gasteiger partial charge in [0.25, 0.3) is 0 Å². The molecule has 0 aliphatic heterocycles. The molecule has 0 spiro atoms. The van der Waals surface area contributed by atoms with Crippen molar-refractivity contribution in [2.24, 2.45) is 5.92 Å². The summed E-state index contributed by atoms with van der Waals surface area (Å²) in [4.78, 5) is 0. The SMILES string of the molecule is c1ccc(-n2nnnc2COc2ccc(OCC3CC3)cc2)cc1. The van der Waals surface area contributed by atoms with Crippen LogP contribution in [0, 0.1) is 5.92 Å². The van der Waals surface area contributed by atoms with Gasteiger partial charge in [0.05, 0.1) is 12.3 Å². The van der Waals surface area contributed by atoms with Crippen molar-refractivity contribution in [2.45, 2.75) is 19.4 Å². The molecule has 1 aliphatic carbocycles. The smallest absolute Gasteiger partial charge is 0.194 e. The Morgan fingerprint density at radius 2 is 1.62 bits per heavy atom. The zero-order valence-electron chi connectivity index (χ0n) is 13.2. The van der Waals surface area contributed by atoms with Crippen molar-refractivity contribution < 1.29 is 9.47 Å². The molecule has 0 bridgehead atoms. The van der Waals surface area contributed by atoms with Gasteiger partial charge in [-0.1, -0.05) is 18.2 Å². The van der Waals surface area contributed by atoms with E-state index < -0.39 is 0 Å². The Hall–Kier alpha value is -2.89. The average molecular weight is 322 g/mol. The fraction of sp³-hybridized carbons (Fsp3) is 0.278. The highest BCUT2D eigenvalue weighted by molar-refractivity contribution is 5.32. The monoisotopic (exact) mass is 322 g/mol. The van der Waals surface area contributed by atoms with Gasteiger partial charge >= 0.3 is 0 Å². The van der Waals surface area contributed by atoms with Crippen molar-refractivity contribution in [3.63, 3.8) is 0 Å². The van der Waals surface area contributed by atoms with Gasteiger partial charge in [-0.25, -0.2) is 0 Å². The Bertz CT molecular complexity index is 782. The summed E-state index contributed by atoms with van der Waals surface area (Å²) in [5.74, 6) is 3.03. The summed E-state index contributed by atoms with van der Waals surface area (Å²) in [5, 5.41) is 11.8. The number of rotatable bonds is 7. The van der Waals surface area contributed by atoms with E-state index in [1.807, 2.05) is 54.6 Å². The van der Waals surface area contributed by atoms with Crippen LogP contribution in [-0.2, 0) is 6.61 Å². The van der Waals surface area contributed by atoms with Crippen LogP contribution in [0.2, 0.25) is 0 Å². The van der Waals surface area contributed by atoms with Crippen LogP contribution >= 0.6 is 0 Å². The Balaban J connectivity index is 1.37. The number of tetrazole rings is 1. The molecule has 0 amide bonds. The van der Waals surface area contributed by atoms with Crippen molar-refractivity contribution in [2.75, 3.05) is 6.61 Å². The van der Waals surface area contributed by atoms with Gasteiger partial charge in [-0.2, -0.15) is 4.68 Å². The second-order valence-electron chi connectivity index (χ2n) is 5.86. The highest BCUT2D eigenvalue weighted by Gasteiger charge is 2.21. The van der Waals surface area contributed by atoms with Crippen LogP contribution < -0.4 is 9.47 Å². The lowest BCUT2D eigenvalue weighted by Crippen LogP contribution is -2.06. The molecule has 1 aromatic heterocycles. The van der Waals surface area contributed by atoms with Crippen LogP contribution in [0.3, 0.4) is 0 Å². The first-order valence-corrected chi connectivity index (χ1v) is 8.07. The van der Waals surface area contributed by atoms with Gasteiger partial charge < -0.3 is 9.47 Å². The number of ether oxygens (including phenoxy) is 2. The van der Waals surface area contributed by atoms with Crippen molar-refractivity contribution in [1.29, 1.82) is 0 Å². The van der Waals surface area contributed by atoms with Gasteiger partial charge in [0.1, 0.15) is 18.1 Å². The van der Waals surface area contributed by atoms with Gasteiger partial charge in [-0.15, -0.1) is 5.10 Å². The summed E-state index contributed by atoms with van der Waals surface area (Å²) in [7, 11) is 0. The van der Waals surface area contributed by atoms with Gasteiger partial charge in [-0.3, -0.25) is 0 Å². The number of aromatic nitrogens is 4. The number of nitrogens with zero attached hydrogens (tertiary/aromatic N) is 4. The van der Waals surface area contributed by atoms with Gasteiger partial charge in [0.15, 0.2) is 5.82 Å². The van der Waals surface area contributed by atoms with Gasteiger partial charge in [-0.05, 0) is 65.6 Å².